The number of hydrogen-bond acceptors (Lipinski definition) is 5. The molecule has 2 amide bonds. The van der Waals surface area contributed by atoms with E-state index < -0.39 is 12.0 Å². The van der Waals surface area contributed by atoms with Gasteiger partial charge in [-0.2, -0.15) is 0 Å². The molecule has 0 spiro atoms. The van der Waals surface area contributed by atoms with E-state index in [0.717, 1.165) is 15.5 Å². The van der Waals surface area contributed by atoms with Crippen molar-refractivity contribution in [1.29, 1.82) is 0 Å². The number of carboxylic acids is 1. The Morgan fingerprint density at radius 1 is 0.966 bits per heavy atom. The number of anilines is 2. The van der Waals surface area contributed by atoms with Crippen LogP contribution in [0.2, 0.25) is 0 Å². The van der Waals surface area contributed by atoms with Crippen molar-refractivity contribution >= 4 is 29.2 Å². The van der Waals surface area contributed by atoms with Gasteiger partial charge >= 0.3 is 0 Å². The third-order valence-electron chi connectivity index (χ3n) is 5.60. The fourth-order valence-electron chi connectivity index (χ4n) is 4.02. The number of carbonyl (C=O) groups is 3. The van der Waals surface area contributed by atoms with Crippen molar-refractivity contribution in [3.63, 3.8) is 0 Å². The van der Waals surface area contributed by atoms with E-state index in [-0.39, 0.29) is 29.6 Å². The minimum absolute atomic E-state index is 0.00747. The van der Waals surface area contributed by atoms with Crippen LogP contribution in [0.25, 0.3) is 0 Å². The molecule has 2 fully saturated rings. The Hall–Kier alpha value is -3.26. The zero-order valence-corrected chi connectivity index (χ0v) is 15.6. The highest BCUT2D eigenvalue weighted by Crippen LogP contribution is 2.23. The quantitative estimate of drug-likeness (QED) is 0.685. The number of aromatic carboxylic acids is 1. The Bertz CT molecular complexity index is 937. The van der Waals surface area contributed by atoms with Gasteiger partial charge in [0.25, 0.3) is 5.91 Å². The summed E-state index contributed by atoms with van der Waals surface area (Å²) in [4.78, 5) is 40.6. The molecule has 2 aromatic rings. The minimum Gasteiger partial charge on any atom is -0.545 e. The molecule has 1 N–H and O–H groups in total. The summed E-state index contributed by atoms with van der Waals surface area (Å²) in [5.41, 5.74) is 1.30. The minimum atomic E-state index is -1.31. The number of piperazine rings is 1. The number of halogens is 1. The van der Waals surface area contributed by atoms with E-state index in [2.05, 4.69) is 4.90 Å². The molecule has 4 rings (SSSR count). The number of imide groups is 1. The van der Waals surface area contributed by atoms with Gasteiger partial charge in [0, 0.05) is 5.69 Å². The number of amides is 2. The second-order valence-corrected chi connectivity index (χ2v) is 7.28. The number of benzene rings is 2. The van der Waals surface area contributed by atoms with Gasteiger partial charge in [-0.25, -0.2) is 9.29 Å². The number of hydrogen-bond donors (Lipinski definition) is 1. The maximum Gasteiger partial charge on any atom is 0.292 e. The van der Waals surface area contributed by atoms with E-state index in [1.165, 1.54) is 36.4 Å². The van der Waals surface area contributed by atoms with Crippen LogP contribution in [0, 0.1) is 5.82 Å². The molecule has 0 aromatic heterocycles. The van der Waals surface area contributed by atoms with Crippen LogP contribution in [0.1, 0.15) is 16.8 Å². The summed E-state index contributed by atoms with van der Waals surface area (Å²) < 4.78 is 13.1. The number of rotatable bonds is 4. The Morgan fingerprint density at radius 2 is 1.55 bits per heavy atom. The van der Waals surface area contributed by atoms with Crippen LogP contribution < -0.4 is 19.8 Å². The van der Waals surface area contributed by atoms with Crippen LogP contribution in [-0.2, 0) is 9.59 Å². The summed E-state index contributed by atoms with van der Waals surface area (Å²) in [7, 11) is 0. The molecule has 7 nitrogen and oxygen atoms in total. The molecule has 150 valence electrons. The van der Waals surface area contributed by atoms with Crippen LogP contribution in [-0.4, -0.2) is 50.0 Å². The monoisotopic (exact) mass is 397 g/mol. The molecule has 0 aliphatic carbocycles. The zero-order valence-electron chi connectivity index (χ0n) is 15.6. The molecular weight excluding hydrogens is 377 g/mol. The van der Waals surface area contributed by atoms with Crippen LogP contribution >= 0.6 is 0 Å². The van der Waals surface area contributed by atoms with Crippen molar-refractivity contribution in [1.82, 2.24) is 0 Å². The largest absolute Gasteiger partial charge is 0.545 e. The maximum absolute atomic E-state index is 13.1. The summed E-state index contributed by atoms with van der Waals surface area (Å²) in [6.07, 6.45) is 0.132. The molecule has 2 aliphatic heterocycles. The summed E-state index contributed by atoms with van der Waals surface area (Å²) in [6, 6.07) is 11.4. The van der Waals surface area contributed by atoms with Crippen LogP contribution in [0.5, 0.6) is 0 Å². The highest BCUT2D eigenvalue weighted by Gasteiger charge is 2.46. The zero-order chi connectivity index (χ0) is 20.5. The van der Waals surface area contributed by atoms with Crippen LogP contribution in [0.15, 0.2) is 48.5 Å². The second kappa shape index (κ2) is 7.63. The third-order valence-corrected chi connectivity index (χ3v) is 5.60. The molecule has 0 saturated carbocycles. The fraction of sp³-hybridized carbons (Fsp3) is 0.286. The number of nitrogens with one attached hydrogen (secondary N) is 1. The lowest BCUT2D eigenvalue weighted by Gasteiger charge is -2.35. The van der Waals surface area contributed by atoms with Gasteiger partial charge in [0.15, 0.2) is 6.04 Å². The molecule has 2 saturated heterocycles. The van der Waals surface area contributed by atoms with Crippen molar-refractivity contribution in [3.05, 3.63) is 59.9 Å². The number of carbonyl (C=O) groups excluding carboxylic acids is 3. The van der Waals surface area contributed by atoms with Gasteiger partial charge in [-0.3, -0.25) is 9.59 Å². The number of quaternary nitrogens is 1. The van der Waals surface area contributed by atoms with Crippen LogP contribution in [0.4, 0.5) is 15.8 Å². The van der Waals surface area contributed by atoms with E-state index in [0.29, 0.717) is 31.9 Å². The number of nitrogens with zero attached hydrogens (tertiary/aromatic N) is 2. The molecule has 0 radical (unpaired) electrons. The fourth-order valence-corrected chi connectivity index (χ4v) is 4.02. The lowest BCUT2D eigenvalue weighted by molar-refractivity contribution is -0.915. The molecule has 2 aliphatic rings. The van der Waals surface area contributed by atoms with E-state index in [1.807, 2.05) is 0 Å². The van der Waals surface area contributed by atoms with Gasteiger partial charge in [0.1, 0.15) is 5.82 Å². The lowest BCUT2D eigenvalue weighted by atomic mass is 10.1. The first-order valence-electron chi connectivity index (χ1n) is 9.47. The van der Waals surface area contributed by atoms with Crippen molar-refractivity contribution in [3.8, 4) is 0 Å². The molecular formula is C21H20FN3O4. The Morgan fingerprint density at radius 3 is 2.14 bits per heavy atom. The Kier molecular flexibility index (Phi) is 5.02. The molecule has 1 atom stereocenters. The third kappa shape index (κ3) is 3.71. The average Bonchev–Trinajstić information content (AvgIpc) is 3.03. The van der Waals surface area contributed by atoms with Gasteiger partial charge < -0.3 is 19.7 Å². The molecule has 0 bridgehead atoms. The molecule has 2 heterocycles. The van der Waals surface area contributed by atoms with Crippen molar-refractivity contribution < 1.29 is 28.8 Å². The first-order chi connectivity index (χ1) is 13.9. The van der Waals surface area contributed by atoms with Crippen molar-refractivity contribution in [2.24, 2.45) is 0 Å². The first-order valence-corrected chi connectivity index (χ1v) is 9.47. The predicted octanol–water partition coefficient (Wildman–Crippen LogP) is -0.774. The topological polar surface area (TPSA) is 85.2 Å². The smallest absolute Gasteiger partial charge is 0.292 e. The maximum atomic E-state index is 13.1. The predicted molar refractivity (Wildman–Crippen MR) is 101 cm³/mol. The molecule has 2 aromatic carbocycles. The summed E-state index contributed by atoms with van der Waals surface area (Å²) in [6.45, 7) is 2.80. The van der Waals surface area contributed by atoms with E-state index in [4.69, 9.17) is 0 Å². The van der Waals surface area contributed by atoms with Gasteiger partial charge in [-0.05, 0) is 42.0 Å². The van der Waals surface area contributed by atoms with Crippen LogP contribution in [0.3, 0.4) is 0 Å². The average molecular weight is 397 g/mol. The highest BCUT2D eigenvalue weighted by atomic mass is 19.1. The van der Waals surface area contributed by atoms with Crippen molar-refractivity contribution in [2.75, 3.05) is 36.0 Å². The summed E-state index contributed by atoms with van der Waals surface area (Å²) >= 11 is 0. The van der Waals surface area contributed by atoms with E-state index >= 15 is 0 Å². The summed E-state index contributed by atoms with van der Waals surface area (Å²) in [5.74, 6) is -2.13. The van der Waals surface area contributed by atoms with E-state index in [1.54, 1.807) is 12.1 Å². The van der Waals surface area contributed by atoms with Crippen molar-refractivity contribution in [2.45, 2.75) is 12.5 Å². The number of carboxylic acid groups (broad SMARTS) is 1. The Labute approximate surface area is 166 Å². The molecule has 8 heteroatoms. The molecule has 0 unspecified atom stereocenters. The Balaban J connectivity index is 1.42. The van der Waals surface area contributed by atoms with Gasteiger partial charge in [0.05, 0.1) is 44.3 Å². The van der Waals surface area contributed by atoms with Gasteiger partial charge in [-0.1, -0.05) is 12.1 Å². The summed E-state index contributed by atoms with van der Waals surface area (Å²) in [5, 5.41) is 10.9. The van der Waals surface area contributed by atoms with Gasteiger partial charge in [-0.15, -0.1) is 0 Å². The first kappa shape index (κ1) is 19.1. The highest BCUT2D eigenvalue weighted by molar-refractivity contribution is 6.21. The van der Waals surface area contributed by atoms with Gasteiger partial charge in [0.2, 0.25) is 5.91 Å². The van der Waals surface area contributed by atoms with E-state index in [9.17, 15) is 23.9 Å². The second-order valence-electron chi connectivity index (χ2n) is 7.28. The normalized spacial score (nSPS) is 20.4. The lowest BCUT2D eigenvalue weighted by Crippen LogP contribution is -3.19. The SMILES string of the molecule is O=C([O-])c1ccc(N2C(=O)C[C@@H]([NH+]3CCN(c4ccc(F)cc4)CC3)C2=O)cc1. The standard InChI is InChI=1S/C21H20FN3O4/c22-15-3-7-16(8-4-15)23-9-11-24(12-10-23)18-13-19(26)25(20(18)27)17-5-1-14(2-6-17)21(28)29/h1-8,18H,9-13H2,(H,28,29)/t18-/m1/s1. The molecule has 29 heavy (non-hydrogen) atoms.